The number of hydrogen-bond acceptors (Lipinski definition) is 1. The summed E-state index contributed by atoms with van der Waals surface area (Å²) in [6.07, 6.45) is 2.40. The molecule has 1 saturated carbocycles. The van der Waals surface area contributed by atoms with E-state index in [1.807, 2.05) is 6.92 Å². The zero-order valence-corrected chi connectivity index (χ0v) is 10.9. The van der Waals surface area contributed by atoms with E-state index in [2.05, 4.69) is 34.7 Å². The molecule has 1 rings (SSSR count). The van der Waals surface area contributed by atoms with Crippen LogP contribution in [0.3, 0.4) is 0 Å². The Morgan fingerprint density at radius 3 is 2.36 bits per heavy atom. The predicted octanol–water partition coefficient (Wildman–Crippen LogP) is 2.66. The lowest BCUT2D eigenvalue weighted by Crippen LogP contribution is -2.39. The van der Waals surface area contributed by atoms with Crippen molar-refractivity contribution in [2.75, 3.05) is 11.9 Å². The van der Waals surface area contributed by atoms with Gasteiger partial charge in [-0.1, -0.05) is 36.7 Å². The van der Waals surface area contributed by atoms with Gasteiger partial charge in [-0.05, 0) is 18.8 Å². The van der Waals surface area contributed by atoms with Crippen LogP contribution in [0.5, 0.6) is 0 Å². The van der Waals surface area contributed by atoms with Crippen LogP contribution in [0.1, 0.15) is 33.6 Å². The molecule has 3 heteroatoms. The summed E-state index contributed by atoms with van der Waals surface area (Å²) in [7, 11) is 0. The molecule has 0 radical (unpaired) electrons. The molecule has 2 nitrogen and oxygen atoms in total. The Morgan fingerprint density at radius 2 is 2.00 bits per heavy atom. The average molecular weight is 262 g/mol. The van der Waals surface area contributed by atoms with Crippen molar-refractivity contribution in [2.24, 2.45) is 11.8 Å². The molecule has 1 unspecified atom stereocenters. The molecule has 0 aromatic rings. The number of rotatable bonds is 5. The van der Waals surface area contributed by atoms with Gasteiger partial charge in [0.1, 0.15) is 0 Å². The number of halogens is 1. The lowest BCUT2D eigenvalue weighted by molar-refractivity contribution is -0.136. The molecule has 0 spiro atoms. The van der Waals surface area contributed by atoms with Crippen LogP contribution in [0.25, 0.3) is 0 Å². The number of carbonyl (C=O) groups excluding carboxylic acids is 1. The maximum Gasteiger partial charge on any atom is 0.225 e. The average Bonchev–Trinajstić information content (AvgIpc) is 2.95. The fourth-order valence-corrected chi connectivity index (χ4v) is 1.88. The van der Waals surface area contributed by atoms with Crippen LogP contribution in [0.2, 0.25) is 0 Å². The van der Waals surface area contributed by atoms with E-state index in [4.69, 9.17) is 0 Å². The van der Waals surface area contributed by atoms with Crippen molar-refractivity contribution in [1.82, 2.24) is 4.90 Å². The Labute approximate surface area is 95.2 Å². The van der Waals surface area contributed by atoms with Gasteiger partial charge in [0, 0.05) is 23.8 Å². The molecule has 1 amide bonds. The van der Waals surface area contributed by atoms with Gasteiger partial charge in [0.15, 0.2) is 0 Å². The van der Waals surface area contributed by atoms with Crippen LogP contribution >= 0.6 is 15.9 Å². The van der Waals surface area contributed by atoms with Crippen LogP contribution in [0, 0.1) is 11.8 Å². The Balaban J connectivity index is 2.53. The van der Waals surface area contributed by atoms with Crippen LogP contribution in [0.15, 0.2) is 0 Å². The molecular formula is C11H20BrNO. The van der Waals surface area contributed by atoms with Crippen molar-refractivity contribution in [3.05, 3.63) is 0 Å². The van der Waals surface area contributed by atoms with Gasteiger partial charge in [-0.15, -0.1) is 0 Å². The van der Waals surface area contributed by atoms with Crippen molar-refractivity contribution in [3.63, 3.8) is 0 Å². The first-order valence-electron chi connectivity index (χ1n) is 5.44. The normalized spacial score (nSPS) is 18.4. The van der Waals surface area contributed by atoms with Gasteiger partial charge in [-0.25, -0.2) is 0 Å². The van der Waals surface area contributed by atoms with E-state index in [0.29, 0.717) is 17.9 Å². The van der Waals surface area contributed by atoms with Crippen molar-refractivity contribution in [2.45, 2.75) is 39.7 Å². The summed E-state index contributed by atoms with van der Waals surface area (Å²) in [5, 5.41) is 0.889. The van der Waals surface area contributed by atoms with Gasteiger partial charge >= 0.3 is 0 Å². The van der Waals surface area contributed by atoms with Gasteiger partial charge in [-0.3, -0.25) is 4.79 Å². The summed E-state index contributed by atoms with van der Waals surface area (Å²) in [6, 6.07) is 0.543. The largest absolute Gasteiger partial charge is 0.339 e. The van der Waals surface area contributed by atoms with Gasteiger partial charge in [-0.2, -0.15) is 0 Å². The third-order valence-corrected chi connectivity index (χ3v) is 3.34. The topological polar surface area (TPSA) is 20.3 Å². The van der Waals surface area contributed by atoms with Crippen molar-refractivity contribution >= 4 is 21.8 Å². The molecule has 1 aliphatic carbocycles. The first-order chi connectivity index (χ1) is 6.57. The van der Waals surface area contributed by atoms with Crippen molar-refractivity contribution in [3.8, 4) is 0 Å². The standard InChI is InChI=1S/C11H20BrNO/c1-8(2)9(3)11(14)13(7-6-12)10-4-5-10/h8-10H,4-7H2,1-3H3. The SMILES string of the molecule is CC(C)C(C)C(=O)N(CCBr)C1CC1. The zero-order valence-electron chi connectivity index (χ0n) is 9.29. The second kappa shape index (κ2) is 5.15. The lowest BCUT2D eigenvalue weighted by atomic mass is 9.96. The lowest BCUT2D eigenvalue weighted by Gasteiger charge is -2.26. The minimum Gasteiger partial charge on any atom is -0.339 e. The minimum absolute atomic E-state index is 0.162. The van der Waals surface area contributed by atoms with E-state index in [-0.39, 0.29) is 5.92 Å². The number of hydrogen-bond donors (Lipinski definition) is 0. The molecule has 1 fully saturated rings. The van der Waals surface area contributed by atoms with Gasteiger partial charge in [0.05, 0.1) is 0 Å². The van der Waals surface area contributed by atoms with Gasteiger partial charge < -0.3 is 4.90 Å². The Kier molecular flexibility index (Phi) is 4.42. The van der Waals surface area contributed by atoms with Crippen LogP contribution < -0.4 is 0 Å². The zero-order chi connectivity index (χ0) is 10.7. The molecule has 0 aromatic carbocycles. The third-order valence-electron chi connectivity index (χ3n) is 2.99. The van der Waals surface area contributed by atoms with Crippen LogP contribution in [0.4, 0.5) is 0 Å². The van der Waals surface area contributed by atoms with Crippen molar-refractivity contribution < 1.29 is 4.79 Å². The number of alkyl halides is 1. The molecule has 0 saturated heterocycles. The molecule has 82 valence electrons. The highest BCUT2D eigenvalue weighted by Gasteiger charge is 2.34. The summed E-state index contributed by atoms with van der Waals surface area (Å²) in [4.78, 5) is 14.1. The summed E-state index contributed by atoms with van der Waals surface area (Å²) in [5.74, 6) is 0.940. The smallest absolute Gasteiger partial charge is 0.225 e. The second-order valence-electron chi connectivity index (χ2n) is 4.48. The molecule has 1 atom stereocenters. The summed E-state index contributed by atoms with van der Waals surface area (Å²) >= 11 is 3.41. The first kappa shape index (κ1) is 12.0. The number of nitrogens with zero attached hydrogens (tertiary/aromatic N) is 1. The fraction of sp³-hybridized carbons (Fsp3) is 0.909. The van der Waals surface area contributed by atoms with Gasteiger partial charge in [0.2, 0.25) is 5.91 Å². The van der Waals surface area contributed by atoms with Crippen molar-refractivity contribution in [1.29, 1.82) is 0 Å². The maximum absolute atomic E-state index is 12.1. The van der Waals surface area contributed by atoms with E-state index < -0.39 is 0 Å². The molecule has 0 aromatic heterocycles. The minimum atomic E-state index is 0.162. The quantitative estimate of drug-likeness (QED) is 0.697. The van der Waals surface area contributed by atoms with Crippen LogP contribution in [-0.2, 0) is 4.79 Å². The fourth-order valence-electron chi connectivity index (χ4n) is 1.50. The Morgan fingerprint density at radius 1 is 1.43 bits per heavy atom. The molecular weight excluding hydrogens is 242 g/mol. The van der Waals surface area contributed by atoms with E-state index in [9.17, 15) is 4.79 Å². The van der Waals surface area contributed by atoms with Gasteiger partial charge in [0.25, 0.3) is 0 Å². The highest BCUT2D eigenvalue weighted by atomic mass is 79.9. The summed E-state index contributed by atoms with van der Waals surface area (Å²) < 4.78 is 0. The molecule has 0 N–H and O–H groups in total. The third kappa shape index (κ3) is 2.97. The van der Waals surface area contributed by atoms with E-state index >= 15 is 0 Å². The summed E-state index contributed by atoms with van der Waals surface area (Å²) in [5.41, 5.74) is 0. The molecule has 1 aliphatic rings. The highest BCUT2D eigenvalue weighted by Crippen LogP contribution is 2.29. The van der Waals surface area contributed by atoms with Crippen LogP contribution in [-0.4, -0.2) is 28.7 Å². The van der Waals surface area contributed by atoms with E-state index in [1.165, 1.54) is 12.8 Å². The second-order valence-corrected chi connectivity index (χ2v) is 5.28. The summed E-state index contributed by atoms with van der Waals surface area (Å²) in [6.45, 7) is 7.13. The number of carbonyl (C=O) groups is 1. The Hall–Kier alpha value is -0.0500. The maximum atomic E-state index is 12.1. The molecule has 0 aliphatic heterocycles. The first-order valence-corrected chi connectivity index (χ1v) is 6.56. The molecule has 0 heterocycles. The number of amides is 1. The predicted molar refractivity (Wildman–Crippen MR) is 62.5 cm³/mol. The Bertz CT molecular complexity index is 201. The molecule has 0 bridgehead atoms. The highest BCUT2D eigenvalue weighted by molar-refractivity contribution is 9.09. The van der Waals surface area contributed by atoms with E-state index in [0.717, 1.165) is 11.9 Å². The molecule has 14 heavy (non-hydrogen) atoms. The monoisotopic (exact) mass is 261 g/mol. The van der Waals surface area contributed by atoms with E-state index in [1.54, 1.807) is 0 Å².